The van der Waals surface area contributed by atoms with Crippen molar-refractivity contribution in [1.82, 2.24) is 14.1 Å². The lowest BCUT2D eigenvalue weighted by atomic mass is 9.77. The largest absolute Gasteiger partial charge is 0.314 e. The number of piperidine rings is 2. The van der Waals surface area contributed by atoms with E-state index in [1.54, 1.807) is 3.93 Å². The molecule has 4 nitrogen and oxygen atoms in total. The molecule has 0 unspecified atom stereocenters. The molecule has 0 aliphatic carbocycles. The maximum absolute atomic E-state index is 13.2. The number of halogens is 1. The molecule has 158 valence electrons. The third kappa shape index (κ3) is 3.72. The summed E-state index contributed by atoms with van der Waals surface area (Å²) in [5, 5.41) is 3.76. The minimum atomic E-state index is -0.0297. The lowest BCUT2D eigenvalue weighted by molar-refractivity contribution is 0.0551. The predicted molar refractivity (Wildman–Crippen MR) is 124 cm³/mol. The van der Waals surface area contributed by atoms with Crippen molar-refractivity contribution in [2.75, 3.05) is 19.6 Å². The first kappa shape index (κ1) is 20.2. The van der Waals surface area contributed by atoms with Gasteiger partial charge in [0.05, 0.1) is 22.2 Å². The number of benzene rings is 2. The Bertz CT molecular complexity index is 918. The van der Waals surface area contributed by atoms with E-state index in [0.717, 1.165) is 36.6 Å². The summed E-state index contributed by atoms with van der Waals surface area (Å²) in [6, 6.07) is 17.6. The van der Waals surface area contributed by atoms with Crippen LogP contribution in [0.15, 0.2) is 48.5 Å². The number of carbonyl (C=O) groups excluding carboxylic acids is 1. The van der Waals surface area contributed by atoms with Gasteiger partial charge >= 0.3 is 0 Å². The maximum Gasteiger partial charge on any atom is 0.264 e. The minimum absolute atomic E-state index is 0.0224. The second kappa shape index (κ2) is 8.45. The number of rotatable bonds is 3. The van der Waals surface area contributed by atoms with Crippen LogP contribution in [0.1, 0.15) is 65.3 Å². The molecule has 0 saturated carbocycles. The van der Waals surface area contributed by atoms with Gasteiger partial charge in [0.1, 0.15) is 0 Å². The Balaban J connectivity index is 1.35. The minimum Gasteiger partial charge on any atom is -0.314 e. The highest BCUT2D eigenvalue weighted by Crippen LogP contribution is 2.41. The van der Waals surface area contributed by atoms with Gasteiger partial charge < -0.3 is 5.32 Å². The van der Waals surface area contributed by atoms with E-state index in [2.05, 4.69) is 50.6 Å². The number of hydrogen-bond acceptors (Lipinski definition) is 3. The van der Waals surface area contributed by atoms with E-state index in [9.17, 15) is 4.79 Å². The second-order valence-electron chi connectivity index (χ2n) is 9.08. The molecule has 3 aliphatic heterocycles. The SMILES string of the molecule is C[C@H](c1ccccc1)N(Br)C(=O)c1ccc2c(c1)CCN1C[C@H]3CCCN[C@H]3C[C@H]21. The van der Waals surface area contributed by atoms with Crippen LogP contribution >= 0.6 is 16.1 Å². The molecule has 2 aromatic rings. The van der Waals surface area contributed by atoms with E-state index < -0.39 is 0 Å². The van der Waals surface area contributed by atoms with E-state index in [4.69, 9.17) is 0 Å². The average molecular weight is 468 g/mol. The molecule has 2 aromatic carbocycles. The van der Waals surface area contributed by atoms with Crippen molar-refractivity contribution in [2.24, 2.45) is 5.92 Å². The number of nitrogens with one attached hydrogen (secondary N) is 1. The van der Waals surface area contributed by atoms with Crippen molar-refractivity contribution < 1.29 is 4.79 Å². The first-order chi connectivity index (χ1) is 14.6. The fourth-order valence-corrected chi connectivity index (χ4v) is 6.05. The van der Waals surface area contributed by atoms with Crippen molar-refractivity contribution in [3.05, 3.63) is 70.8 Å². The van der Waals surface area contributed by atoms with Gasteiger partial charge in [-0.2, -0.15) is 0 Å². The molecule has 2 saturated heterocycles. The molecular formula is C25H30BrN3O. The van der Waals surface area contributed by atoms with Gasteiger partial charge in [-0.25, -0.2) is 0 Å². The maximum atomic E-state index is 13.2. The summed E-state index contributed by atoms with van der Waals surface area (Å²) in [6.45, 7) is 5.53. The van der Waals surface area contributed by atoms with Crippen molar-refractivity contribution in [2.45, 2.75) is 50.7 Å². The quantitative estimate of drug-likeness (QED) is 0.653. The van der Waals surface area contributed by atoms with Gasteiger partial charge in [-0.3, -0.25) is 13.6 Å². The molecule has 2 fully saturated rings. The zero-order valence-electron chi connectivity index (χ0n) is 17.6. The number of fused-ring (bicyclic) bond motifs is 4. The molecular weight excluding hydrogens is 438 g/mol. The van der Waals surface area contributed by atoms with Crippen LogP contribution < -0.4 is 5.32 Å². The van der Waals surface area contributed by atoms with Crippen LogP contribution in [0.3, 0.4) is 0 Å². The highest BCUT2D eigenvalue weighted by Gasteiger charge is 2.39. The summed E-state index contributed by atoms with van der Waals surface area (Å²) in [5.74, 6) is 0.827. The lowest BCUT2D eigenvalue weighted by Crippen LogP contribution is -2.54. The predicted octanol–water partition coefficient (Wildman–Crippen LogP) is 4.87. The summed E-state index contributed by atoms with van der Waals surface area (Å²) in [7, 11) is 0. The summed E-state index contributed by atoms with van der Waals surface area (Å²) < 4.78 is 1.68. The Morgan fingerprint density at radius 1 is 1.23 bits per heavy atom. The normalized spacial score (nSPS) is 26.8. The summed E-state index contributed by atoms with van der Waals surface area (Å²) >= 11 is 3.54. The molecule has 0 spiro atoms. The van der Waals surface area contributed by atoms with Gasteiger partial charge in [-0.05, 0) is 73.9 Å². The van der Waals surface area contributed by atoms with Crippen molar-refractivity contribution in [3.63, 3.8) is 0 Å². The van der Waals surface area contributed by atoms with E-state index in [1.807, 2.05) is 31.2 Å². The van der Waals surface area contributed by atoms with Gasteiger partial charge in [0.15, 0.2) is 0 Å². The number of carbonyl (C=O) groups is 1. The average Bonchev–Trinajstić information content (AvgIpc) is 2.81. The highest BCUT2D eigenvalue weighted by molar-refractivity contribution is 9.07. The first-order valence-corrected chi connectivity index (χ1v) is 12.0. The van der Waals surface area contributed by atoms with Crippen LogP contribution in [0.5, 0.6) is 0 Å². The smallest absolute Gasteiger partial charge is 0.264 e. The Labute approximate surface area is 188 Å². The van der Waals surface area contributed by atoms with Gasteiger partial charge in [0, 0.05) is 30.7 Å². The van der Waals surface area contributed by atoms with Gasteiger partial charge in [-0.1, -0.05) is 36.4 Å². The van der Waals surface area contributed by atoms with Crippen molar-refractivity contribution >= 4 is 22.1 Å². The second-order valence-corrected chi connectivity index (χ2v) is 9.84. The third-order valence-corrected chi connectivity index (χ3v) is 8.28. The molecule has 30 heavy (non-hydrogen) atoms. The summed E-state index contributed by atoms with van der Waals surface area (Å²) in [4.78, 5) is 15.9. The molecule has 3 heterocycles. The van der Waals surface area contributed by atoms with Crippen LogP contribution in [-0.2, 0) is 6.42 Å². The highest BCUT2D eigenvalue weighted by atomic mass is 79.9. The van der Waals surface area contributed by atoms with Gasteiger partial charge in [0.2, 0.25) is 0 Å². The Kier molecular flexibility index (Phi) is 5.69. The van der Waals surface area contributed by atoms with Crippen LogP contribution in [-0.4, -0.2) is 40.4 Å². The summed E-state index contributed by atoms with van der Waals surface area (Å²) in [5.41, 5.74) is 4.67. The molecule has 0 aromatic heterocycles. The first-order valence-electron chi connectivity index (χ1n) is 11.3. The number of hydrogen-bond donors (Lipinski definition) is 1. The molecule has 0 bridgehead atoms. The molecule has 5 rings (SSSR count). The van der Waals surface area contributed by atoms with Gasteiger partial charge in [-0.15, -0.1) is 0 Å². The lowest BCUT2D eigenvalue weighted by Gasteiger charge is -2.49. The third-order valence-electron chi connectivity index (χ3n) is 7.35. The fourth-order valence-electron chi connectivity index (χ4n) is 5.61. The van der Waals surface area contributed by atoms with E-state index >= 15 is 0 Å². The monoisotopic (exact) mass is 467 g/mol. The fraction of sp³-hybridized carbons (Fsp3) is 0.480. The molecule has 1 amide bonds. The molecule has 3 aliphatic rings. The van der Waals surface area contributed by atoms with Gasteiger partial charge in [0.25, 0.3) is 5.91 Å². The van der Waals surface area contributed by atoms with Crippen LogP contribution in [0.4, 0.5) is 0 Å². The molecule has 0 radical (unpaired) electrons. The topological polar surface area (TPSA) is 35.6 Å². The van der Waals surface area contributed by atoms with E-state index in [1.165, 1.54) is 36.9 Å². The Morgan fingerprint density at radius 3 is 2.90 bits per heavy atom. The molecule has 4 atom stereocenters. The zero-order chi connectivity index (χ0) is 20.7. The Morgan fingerprint density at radius 2 is 2.07 bits per heavy atom. The molecule has 1 N–H and O–H groups in total. The number of nitrogens with zero attached hydrogens (tertiary/aromatic N) is 2. The van der Waals surface area contributed by atoms with Crippen LogP contribution in [0.2, 0.25) is 0 Å². The number of amides is 1. The van der Waals surface area contributed by atoms with Crippen molar-refractivity contribution in [3.8, 4) is 0 Å². The van der Waals surface area contributed by atoms with E-state index in [-0.39, 0.29) is 11.9 Å². The standard InChI is InChI=1S/C25H30BrN3O/c1-17(18-6-3-2-4-7-18)29(26)25(30)20-9-10-22-19(14-20)11-13-28-16-21-8-5-12-27-23(21)15-24(22)28/h2-4,6-7,9-10,14,17,21,23-24,27H,5,8,11-13,15-16H2,1H3/t17-,21-,23+,24-/m1/s1. The summed E-state index contributed by atoms with van der Waals surface area (Å²) in [6.07, 6.45) is 4.91. The van der Waals surface area contributed by atoms with Crippen LogP contribution in [0, 0.1) is 5.92 Å². The zero-order valence-corrected chi connectivity index (χ0v) is 19.1. The van der Waals surface area contributed by atoms with Crippen LogP contribution in [0.25, 0.3) is 0 Å². The van der Waals surface area contributed by atoms with E-state index in [0.29, 0.717) is 12.1 Å². The Hall–Kier alpha value is -1.69. The molecule has 5 heteroatoms. The van der Waals surface area contributed by atoms with Crippen molar-refractivity contribution in [1.29, 1.82) is 0 Å².